The molecule has 1 aliphatic rings. The van der Waals surface area contributed by atoms with Crippen LogP contribution in [-0.4, -0.2) is 42.4 Å². The van der Waals surface area contributed by atoms with Crippen molar-refractivity contribution in [3.8, 4) is 0 Å². The average Bonchev–Trinajstić information content (AvgIpc) is 2.49. The maximum atomic E-state index is 12.6. The van der Waals surface area contributed by atoms with Gasteiger partial charge in [-0.3, -0.25) is 9.36 Å². The molecule has 2 N–H and O–H groups in total. The predicted molar refractivity (Wildman–Crippen MR) is 84.8 cm³/mol. The highest BCUT2D eigenvalue weighted by atomic mass is 35.5. The van der Waals surface area contributed by atoms with Crippen LogP contribution >= 0.6 is 23.8 Å². The molecular formula is C14H17ClN3O2S+. The molecule has 1 saturated heterocycles. The number of hydrogen-bond acceptors (Lipinski definition) is 3. The summed E-state index contributed by atoms with van der Waals surface area (Å²) in [5.41, 5.74) is 0.647. The molecule has 7 heteroatoms. The molecule has 21 heavy (non-hydrogen) atoms. The van der Waals surface area contributed by atoms with Gasteiger partial charge in [-0.05, 0) is 30.4 Å². The number of hydrogen-bond donors (Lipinski definition) is 2. The van der Waals surface area contributed by atoms with E-state index in [1.165, 1.54) is 4.90 Å². The summed E-state index contributed by atoms with van der Waals surface area (Å²) in [6.45, 7) is 4.99. The van der Waals surface area contributed by atoms with E-state index in [-0.39, 0.29) is 5.56 Å². The fourth-order valence-corrected chi connectivity index (χ4v) is 3.06. The van der Waals surface area contributed by atoms with Gasteiger partial charge in [-0.2, -0.15) is 0 Å². The van der Waals surface area contributed by atoms with Crippen molar-refractivity contribution in [2.24, 2.45) is 0 Å². The number of ether oxygens (including phenoxy) is 1. The van der Waals surface area contributed by atoms with Crippen molar-refractivity contribution in [2.75, 3.05) is 32.8 Å². The molecule has 5 nitrogen and oxygen atoms in total. The van der Waals surface area contributed by atoms with Gasteiger partial charge in [0, 0.05) is 5.02 Å². The molecule has 0 radical (unpaired) electrons. The Morgan fingerprint density at radius 3 is 2.90 bits per heavy atom. The highest BCUT2D eigenvalue weighted by Crippen LogP contribution is 2.14. The first-order chi connectivity index (χ1) is 10.1. The quantitative estimate of drug-likeness (QED) is 0.813. The van der Waals surface area contributed by atoms with Crippen LogP contribution in [0.25, 0.3) is 10.9 Å². The molecule has 0 unspecified atom stereocenters. The first-order valence-corrected chi connectivity index (χ1v) is 7.77. The second-order valence-electron chi connectivity index (χ2n) is 5.19. The second-order valence-corrected chi connectivity index (χ2v) is 6.01. The third-order valence-corrected chi connectivity index (χ3v) is 4.39. The largest absolute Gasteiger partial charge is 0.370 e. The summed E-state index contributed by atoms with van der Waals surface area (Å²) in [4.78, 5) is 17.1. The van der Waals surface area contributed by atoms with E-state index in [1.807, 2.05) is 0 Å². The van der Waals surface area contributed by atoms with Crippen molar-refractivity contribution < 1.29 is 9.64 Å². The second kappa shape index (κ2) is 6.27. The van der Waals surface area contributed by atoms with Gasteiger partial charge >= 0.3 is 0 Å². The van der Waals surface area contributed by atoms with Crippen molar-refractivity contribution >= 4 is 34.7 Å². The molecule has 1 aliphatic heterocycles. The molecule has 0 saturated carbocycles. The number of fused-ring (bicyclic) bond motifs is 1. The summed E-state index contributed by atoms with van der Waals surface area (Å²) in [6.07, 6.45) is 0. The van der Waals surface area contributed by atoms with Crippen LogP contribution in [0, 0.1) is 4.77 Å². The van der Waals surface area contributed by atoms with Crippen molar-refractivity contribution in [2.45, 2.75) is 6.54 Å². The Bertz CT molecular complexity index is 765. The highest BCUT2D eigenvalue weighted by molar-refractivity contribution is 7.71. The molecule has 0 aliphatic carbocycles. The molecular weight excluding hydrogens is 310 g/mol. The van der Waals surface area contributed by atoms with Gasteiger partial charge in [0.1, 0.15) is 13.1 Å². The summed E-state index contributed by atoms with van der Waals surface area (Å²) in [6, 6.07) is 5.21. The fourth-order valence-electron chi connectivity index (χ4n) is 2.61. The van der Waals surface area contributed by atoms with Crippen LogP contribution in [0.4, 0.5) is 0 Å². The zero-order valence-electron chi connectivity index (χ0n) is 11.5. The Morgan fingerprint density at radius 1 is 1.38 bits per heavy atom. The van der Waals surface area contributed by atoms with Crippen molar-refractivity contribution in [3.05, 3.63) is 38.3 Å². The Hall–Kier alpha value is -1.21. The van der Waals surface area contributed by atoms with E-state index in [0.717, 1.165) is 38.4 Å². The van der Waals surface area contributed by atoms with Crippen LogP contribution in [0.5, 0.6) is 0 Å². The van der Waals surface area contributed by atoms with Crippen LogP contribution in [0.3, 0.4) is 0 Å². The minimum Gasteiger partial charge on any atom is -0.370 e. The van der Waals surface area contributed by atoms with Crippen LogP contribution in [0.15, 0.2) is 23.0 Å². The Kier molecular flexibility index (Phi) is 4.40. The molecule has 1 aromatic carbocycles. The standard InChI is InChI=1S/C14H16ClN3O2S/c15-10-1-2-12-11(9-10)13(19)18(14(21)16-12)4-3-17-5-7-20-8-6-17/h1-2,9H,3-8H2,(H,16,21)/p+1. The lowest BCUT2D eigenvalue weighted by molar-refractivity contribution is -0.908. The number of aromatic amines is 1. The topological polar surface area (TPSA) is 51.5 Å². The van der Waals surface area contributed by atoms with E-state index < -0.39 is 0 Å². The first kappa shape index (κ1) is 14.7. The van der Waals surface area contributed by atoms with Gasteiger partial charge < -0.3 is 14.6 Å². The Morgan fingerprint density at radius 2 is 2.14 bits per heavy atom. The first-order valence-electron chi connectivity index (χ1n) is 6.99. The van der Waals surface area contributed by atoms with E-state index in [2.05, 4.69) is 4.98 Å². The van der Waals surface area contributed by atoms with E-state index in [4.69, 9.17) is 28.6 Å². The molecule has 1 aromatic heterocycles. The zero-order valence-corrected chi connectivity index (χ0v) is 13.1. The number of quaternary nitrogens is 1. The smallest absolute Gasteiger partial charge is 0.262 e. The van der Waals surface area contributed by atoms with Gasteiger partial charge in [-0.1, -0.05) is 11.6 Å². The third kappa shape index (κ3) is 3.18. The number of H-pyrrole nitrogens is 1. The Balaban J connectivity index is 1.90. The molecule has 2 aromatic rings. The van der Waals surface area contributed by atoms with Gasteiger partial charge in [-0.25, -0.2) is 0 Å². The summed E-state index contributed by atoms with van der Waals surface area (Å²) in [5, 5.41) is 1.13. The van der Waals surface area contributed by atoms with Gasteiger partial charge in [-0.15, -0.1) is 0 Å². The fraction of sp³-hybridized carbons (Fsp3) is 0.429. The van der Waals surface area contributed by atoms with Gasteiger partial charge in [0.05, 0.1) is 37.2 Å². The summed E-state index contributed by atoms with van der Waals surface area (Å²) >= 11 is 11.3. The Labute approximate surface area is 132 Å². The number of nitrogens with zero attached hydrogens (tertiary/aromatic N) is 1. The molecule has 3 rings (SSSR count). The monoisotopic (exact) mass is 326 g/mol. The summed E-state index contributed by atoms with van der Waals surface area (Å²) in [7, 11) is 0. The van der Waals surface area contributed by atoms with Crippen molar-refractivity contribution in [1.82, 2.24) is 9.55 Å². The van der Waals surface area contributed by atoms with E-state index in [1.54, 1.807) is 22.8 Å². The van der Waals surface area contributed by atoms with Crippen LogP contribution in [0.1, 0.15) is 0 Å². The van der Waals surface area contributed by atoms with Gasteiger partial charge in [0.15, 0.2) is 4.77 Å². The van der Waals surface area contributed by atoms with Crippen LogP contribution in [0.2, 0.25) is 5.02 Å². The third-order valence-electron chi connectivity index (χ3n) is 3.83. The highest BCUT2D eigenvalue weighted by Gasteiger charge is 2.14. The number of rotatable bonds is 3. The van der Waals surface area contributed by atoms with Gasteiger partial charge in [0.25, 0.3) is 5.56 Å². The maximum Gasteiger partial charge on any atom is 0.262 e. The minimum absolute atomic E-state index is 0.0797. The molecule has 2 heterocycles. The lowest BCUT2D eigenvalue weighted by atomic mass is 10.2. The van der Waals surface area contributed by atoms with E-state index >= 15 is 0 Å². The molecule has 0 bridgehead atoms. The average molecular weight is 327 g/mol. The lowest BCUT2D eigenvalue weighted by Gasteiger charge is -2.23. The number of morpholine rings is 1. The van der Waals surface area contributed by atoms with Crippen LogP contribution < -0.4 is 10.5 Å². The SMILES string of the molecule is O=c1c2cc(Cl)ccc2[nH]c(=S)n1CC[NH+]1CCOCC1. The number of aromatic nitrogens is 2. The predicted octanol–water partition coefficient (Wildman–Crippen LogP) is 0.628. The molecule has 0 atom stereocenters. The molecule has 0 spiro atoms. The van der Waals surface area contributed by atoms with Gasteiger partial charge in [0.2, 0.25) is 0 Å². The number of nitrogens with one attached hydrogen (secondary N) is 2. The summed E-state index contributed by atoms with van der Waals surface area (Å²) < 4.78 is 7.42. The minimum atomic E-state index is -0.0797. The van der Waals surface area contributed by atoms with Crippen molar-refractivity contribution in [1.29, 1.82) is 0 Å². The van der Waals surface area contributed by atoms with Crippen molar-refractivity contribution in [3.63, 3.8) is 0 Å². The molecule has 112 valence electrons. The summed E-state index contributed by atoms with van der Waals surface area (Å²) in [5.74, 6) is 0. The molecule has 1 fully saturated rings. The van der Waals surface area contributed by atoms with Crippen LogP contribution in [-0.2, 0) is 11.3 Å². The molecule has 0 amide bonds. The maximum absolute atomic E-state index is 12.6. The van der Waals surface area contributed by atoms with E-state index in [9.17, 15) is 4.79 Å². The zero-order chi connectivity index (χ0) is 14.8. The lowest BCUT2D eigenvalue weighted by Crippen LogP contribution is -3.14. The number of benzene rings is 1. The normalized spacial score (nSPS) is 16.4. The van der Waals surface area contributed by atoms with E-state index in [0.29, 0.717) is 21.7 Å². The number of halogens is 1.